The summed E-state index contributed by atoms with van der Waals surface area (Å²) in [4.78, 5) is 2.43. The number of hydrogen-bond acceptors (Lipinski definition) is 5. The zero-order valence-corrected chi connectivity index (χ0v) is 17.9. The number of ether oxygens (including phenoxy) is 1. The molecule has 1 saturated carbocycles. The van der Waals surface area contributed by atoms with Crippen LogP contribution in [0, 0.1) is 0 Å². The molecule has 6 heteroatoms. The van der Waals surface area contributed by atoms with Crippen molar-refractivity contribution in [3.8, 4) is 5.75 Å². The fourth-order valence-electron chi connectivity index (χ4n) is 4.56. The lowest BCUT2D eigenvalue weighted by atomic mass is 9.95. The number of hydrogen-bond donors (Lipinski definition) is 0. The number of benzene rings is 2. The van der Waals surface area contributed by atoms with Crippen molar-refractivity contribution in [3.63, 3.8) is 0 Å². The van der Waals surface area contributed by atoms with Crippen LogP contribution in [0.15, 0.2) is 54.6 Å². The first kappa shape index (κ1) is 20.5. The van der Waals surface area contributed by atoms with Crippen LogP contribution in [-0.4, -0.2) is 38.8 Å². The predicted molar refractivity (Wildman–Crippen MR) is 117 cm³/mol. The molecule has 4 rings (SSSR count). The summed E-state index contributed by atoms with van der Waals surface area (Å²) < 4.78 is 7.84. The van der Waals surface area contributed by atoms with Gasteiger partial charge in [0.2, 0.25) is 0 Å². The Balaban J connectivity index is 1.77. The Morgan fingerprint density at radius 2 is 1.77 bits per heavy atom. The van der Waals surface area contributed by atoms with Gasteiger partial charge in [0.25, 0.3) is 0 Å². The fourth-order valence-corrected chi connectivity index (χ4v) is 4.56. The van der Waals surface area contributed by atoms with Crippen LogP contribution >= 0.6 is 0 Å². The molecule has 6 nitrogen and oxygen atoms in total. The standard InChI is InChI=1S/C24H31N5O/c1-3-28(18-19-12-6-4-7-13-19)23(21-16-10-11-17-22(21)30-2)24-25-26-27-29(24)20-14-8-5-9-15-20/h4,6-7,10-13,16-17,20,23H,3,5,8-9,14-15,18H2,1-2H3/t23-/m1/s1. The highest BCUT2D eigenvalue weighted by Crippen LogP contribution is 2.37. The van der Waals surface area contributed by atoms with E-state index in [-0.39, 0.29) is 6.04 Å². The Morgan fingerprint density at radius 3 is 2.50 bits per heavy atom. The average molecular weight is 406 g/mol. The van der Waals surface area contributed by atoms with Gasteiger partial charge in [-0.25, -0.2) is 4.68 Å². The molecule has 158 valence electrons. The first-order valence-corrected chi connectivity index (χ1v) is 11.0. The van der Waals surface area contributed by atoms with E-state index in [1.807, 2.05) is 12.1 Å². The molecule has 0 bridgehead atoms. The summed E-state index contributed by atoms with van der Waals surface area (Å²) >= 11 is 0. The van der Waals surface area contributed by atoms with Crippen LogP contribution in [0.5, 0.6) is 5.75 Å². The van der Waals surface area contributed by atoms with Crippen LogP contribution in [0.25, 0.3) is 0 Å². The Morgan fingerprint density at radius 1 is 1.03 bits per heavy atom. The summed E-state index contributed by atoms with van der Waals surface area (Å²) in [6, 6.07) is 19.1. The molecule has 30 heavy (non-hydrogen) atoms. The van der Waals surface area contributed by atoms with Crippen molar-refractivity contribution < 1.29 is 4.74 Å². The van der Waals surface area contributed by atoms with Gasteiger partial charge in [-0.05, 0) is 41.4 Å². The van der Waals surface area contributed by atoms with Crippen molar-refractivity contribution >= 4 is 0 Å². The Kier molecular flexibility index (Phi) is 6.74. The first-order valence-electron chi connectivity index (χ1n) is 11.0. The first-order chi connectivity index (χ1) is 14.8. The minimum Gasteiger partial charge on any atom is -0.496 e. The number of rotatable bonds is 8. The lowest BCUT2D eigenvalue weighted by molar-refractivity contribution is 0.202. The maximum atomic E-state index is 5.75. The SMILES string of the molecule is CCN(Cc1ccccc1)[C@H](c1ccccc1OC)c1nnnn1C1CCCCC1. The molecule has 1 aliphatic rings. The number of aromatic nitrogens is 4. The highest BCUT2D eigenvalue weighted by atomic mass is 16.5. The maximum absolute atomic E-state index is 5.75. The van der Waals surface area contributed by atoms with Gasteiger partial charge in [0.1, 0.15) is 11.8 Å². The van der Waals surface area contributed by atoms with E-state index in [9.17, 15) is 0 Å². The molecule has 1 atom stereocenters. The third kappa shape index (κ3) is 4.38. The third-order valence-corrected chi connectivity index (χ3v) is 6.12. The van der Waals surface area contributed by atoms with E-state index in [1.165, 1.54) is 24.8 Å². The van der Waals surface area contributed by atoms with E-state index in [0.717, 1.165) is 43.1 Å². The van der Waals surface area contributed by atoms with Gasteiger partial charge in [0, 0.05) is 12.1 Å². The number of para-hydroxylation sites is 1. The number of methoxy groups -OCH3 is 1. The molecule has 0 N–H and O–H groups in total. The van der Waals surface area contributed by atoms with Gasteiger partial charge in [-0.15, -0.1) is 5.10 Å². The molecule has 3 aromatic rings. The van der Waals surface area contributed by atoms with Crippen LogP contribution in [0.2, 0.25) is 0 Å². The zero-order chi connectivity index (χ0) is 20.8. The largest absolute Gasteiger partial charge is 0.496 e. The maximum Gasteiger partial charge on any atom is 0.173 e. The predicted octanol–water partition coefficient (Wildman–Crippen LogP) is 4.80. The molecular weight excluding hydrogens is 374 g/mol. The molecule has 0 spiro atoms. The van der Waals surface area contributed by atoms with E-state index >= 15 is 0 Å². The third-order valence-electron chi connectivity index (χ3n) is 6.12. The van der Waals surface area contributed by atoms with Crippen molar-refractivity contribution in [1.29, 1.82) is 0 Å². The van der Waals surface area contributed by atoms with E-state index < -0.39 is 0 Å². The van der Waals surface area contributed by atoms with Crippen LogP contribution < -0.4 is 4.74 Å². The Labute approximate surface area is 178 Å². The van der Waals surface area contributed by atoms with Gasteiger partial charge >= 0.3 is 0 Å². The summed E-state index contributed by atoms with van der Waals surface area (Å²) in [6.07, 6.45) is 6.07. The van der Waals surface area contributed by atoms with Crippen molar-refractivity contribution in [3.05, 3.63) is 71.5 Å². The van der Waals surface area contributed by atoms with E-state index in [4.69, 9.17) is 4.74 Å². The summed E-state index contributed by atoms with van der Waals surface area (Å²) in [7, 11) is 1.73. The van der Waals surface area contributed by atoms with Crippen molar-refractivity contribution in [1.82, 2.24) is 25.1 Å². The van der Waals surface area contributed by atoms with Gasteiger partial charge in [-0.2, -0.15) is 0 Å². The van der Waals surface area contributed by atoms with Gasteiger partial charge in [0.05, 0.1) is 13.2 Å². The van der Waals surface area contributed by atoms with E-state index in [2.05, 4.69) is 74.5 Å². The quantitative estimate of drug-likeness (QED) is 0.539. The molecule has 1 heterocycles. The molecule has 0 saturated heterocycles. The molecule has 2 aromatic carbocycles. The Bertz CT molecular complexity index is 920. The average Bonchev–Trinajstić information content (AvgIpc) is 3.29. The van der Waals surface area contributed by atoms with Crippen molar-refractivity contribution in [2.45, 2.75) is 57.7 Å². The smallest absolute Gasteiger partial charge is 0.173 e. The van der Waals surface area contributed by atoms with Gasteiger partial charge in [-0.1, -0.05) is 74.7 Å². The topological polar surface area (TPSA) is 56.1 Å². The van der Waals surface area contributed by atoms with Crippen LogP contribution in [-0.2, 0) is 6.54 Å². The van der Waals surface area contributed by atoms with E-state index in [1.54, 1.807) is 7.11 Å². The van der Waals surface area contributed by atoms with Gasteiger partial charge < -0.3 is 4.74 Å². The normalized spacial score (nSPS) is 16.0. The van der Waals surface area contributed by atoms with Gasteiger partial charge in [0.15, 0.2) is 5.82 Å². The molecule has 1 fully saturated rings. The molecule has 0 amide bonds. The fraction of sp³-hybridized carbons (Fsp3) is 0.458. The van der Waals surface area contributed by atoms with Crippen LogP contribution in [0.3, 0.4) is 0 Å². The number of nitrogens with zero attached hydrogens (tertiary/aromatic N) is 5. The Hall–Kier alpha value is -2.73. The molecule has 1 aromatic heterocycles. The second-order valence-electron chi connectivity index (χ2n) is 7.97. The summed E-state index contributed by atoms with van der Waals surface area (Å²) in [5, 5.41) is 13.1. The monoisotopic (exact) mass is 405 g/mol. The zero-order valence-electron chi connectivity index (χ0n) is 17.9. The van der Waals surface area contributed by atoms with Gasteiger partial charge in [-0.3, -0.25) is 4.90 Å². The molecule has 1 aliphatic carbocycles. The van der Waals surface area contributed by atoms with Crippen molar-refractivity contribution in [2.75, 3.05) is 13.7 Å². The van der Waals surface area contributed by atoms with Crippen molar-refractivity contribution in [2.24, 2.45) is 0 Å². The minimum atomic E-state index is -0.0803. The van der Waals surface area contributed by atoms with Crippen LogP contribution in [0.4, 0.5) is 0 Å². The molecule has 0 unspecified atom stereocenters. The summed E-state index contributed by atoms with van der Waals surface area (Å²) in [5.74, 6) is 1.77. The second-order valence-corrected chi connectivity index (χ2v) is 7.97. The minimum absolute atomic E-state index is 0.0803. The van der Waals surface area contributed by atoms with E-state index in [0.29, 0.717) is 6.04 Å². The lowest BCUT2D eigenvalue weighted by Gasteiger charge is -2.32. The van der Waals surface area contributed by atoms with Crippen LogP contribution in [0.1, 0.15) is 68.1 Å². The highest BCUT2D eigenvalue weighted by Gasteiger charge is 2.32. The lowest BCUT2D eigenvalue weighted by Crippen LogP contribution is -2.32. The molecule has 0 radical (unpaired) electrons. The second kappa shape index (κ2) is 9.85. The molecular formula is C24H31N5O. The highest BCUT2D eigenvalue weighted by molar-refractivity contribution is 5.39. The number of tetrazole rings is 1. The molecule has 0 aliphatic heterocycles. The summed E-state index contributed by atoms with van der Waals surface area (Å²) in [5.41, 5.74) is 2.38. The summed E-state index contributed by atoms with van der Waals surface area (Å²) in [6.45, 7) is 3.88.